The van der Waals surface area contributed by atoms with Crippen molar-refractivity contribution in [3.8, 4) is 0 Å². The first-order valence-electron chi connectivity index (χ1n) is 9.67. The molecular weight excluding hydrogens is 355 g/mol. The lowest BCUT2D eigenvalue weighted by atomic mass is 10.1. The molecule has 4 rings (SSSR count). The molecule has 1 saturated heterocycles. The van der Waals surface area contributed by atoms with Crippen molar-refractivity contribution in [3.63, 3.8) is 0 Å². The van der Waals surface area contributed by atoms with Crippen molar-refractivity contribution >= 4 is 16.7 Å². The molecule has 1 N–H and O–H groups in total. The van der Waals surface area contributed by atoms with Crippen LogP contribution in [0, 0.1) is 5.82 Å². The molecule has 5 nitrogen and oxygen atoms in total. The number of benzene rings is 2. The minimum Gasteiger partial charge on any atom is -0.373 e. The van der Waals surface area contributed by atoms with Gasteiger partial charge in [-0.3, -0.25) is 4.90 Å². The number of anilines is 1. The second kappa shape index (κ2) is 8.20. The summed E-state index contributed by atoms with van der Waals surface area (Å²) in [5, 5.41) is 3.67. The highest BCUT2D eigenvalue weighted by Gasteiger charge is 2.21. The van der Waals surface area contributed by atoms with Gasteiger partial charge in [0.15, 0.2) is 0 Å². The lowest BCUT2D eigenvalue weighted by Crippen LogP contribution is -2.44. The molecule has 0 spiro atoms. The lowest BCUT2D eigenvalue weighted by Gasteiger charge is -2.35. The smallest absolute Gasteiger partial charge is 0.140 e. The van der Waals surface area contributed by atoms with E-state index in [4.69, 9.17) is 4.74 Å². The summed E-state index contributed by atoms with van der Waals surface area (Å²) < 4.78 is 20.0. The van der Waals surface area contributed by atoms with Crippen molar-refractivity contribution in [1.82, 2.24) is 14.9 Å². The van der Waals surface area contributed by atoms with E-state index in [2.05, 4.69) is 58.3 Å². The molecule has 28 heavy (non-hydrogen) atoms. The Bertz CT molecular complexity index is 932. The second-order valence-corrected chi connectivity index (χ2v) is 7.48. The molecule has 0 radical (unpaired) electrons. The van der Waals surface area contributed by atoms with Crippen LogP contribution < -0.4 is 5.32 Å². The number of rotatable bonds is 5. The predicted molar refractivity (Wildman–Crippen MR) is 109 cm³/mol. The zero-order valence-corrected chi connectivity index (χ0v) is 16.2. The molecule has 3 aromatic rings. The standard InChI is InChI=1S/C22H25FN4O/c1-15-11-27(12-16(2)28-15)13-18-8-6-17(7-9-18)10-24-22-21-19(23)4-3-5-20(21)25-14-26-22/h3-9,14-16H,10-13H2,1-2H3,(H,24,25,26). The number of halogens is 1. The highest BCUT2D eigenvalue weighted by atomic mass is 19.1. The van der Waals surface area contributed by atoms with Crippen molar-refractivity contribution in [2.45, 2.75) is 39.1 Å². The summed E-state index contributed by atoms with van der Waals surface area (Å²) >= 11 is 0. The van der Waals surface area contributed by atoms with Gasteiger partial charge in [-0.25, -0.2) is 14.4 Å². The van der Waals surface area contributed by atoms with Crippen molar-refractivity contribution in [2.75, 3.05) is 18.4 Å². The third-order valence-corrected chi connectivity index (χ3v) is 5.00. The van der Waals surface area contributed by atoms with Crippen LogP contribution in [0.2, 0.25) is 0 Å². The average Bonchev–Trinajstić information content (AvgIpc) is 2.67. The fraction of sp³-hybridized carbons (Fsp3) is 0.364. The molecule has 0 saturated carbocycles. The molecule has 0 amide bonds. The van der Waals surface area contributed by atoms with Crippen molar-refractivity contribution < 1.29 is 9.13 Å². The van der Waals surface area contributed by atoms with E-state index in [0.29, 0.717) is 23.3 Å². The third kappa shape index (κ3) is 4.29. The number of ether oxygens (including phenoxy) is 1. The Labute approximate surface area is 164 Å². The number of nitrogens with zero attached hydrogens (tertiary/aromatic N) is 3. The molecule has 6 heteroatoms. The van der Waals surface area contributed by atoms with E-state index in [-0.39, 0.29) is 18.0 Å². The minimum absolute atomic E-state index is 0.273. The summed E-state index contributed by atoms with van der Waals surface area (Å²) in [6, 6.07) is 13.4. The monoisotopic (exact) mass is 380 g/mol. The Balaban J connectivity index is 1.40. The van der Waals surface area contributed by atoms with Gasteiger partial charge in [-0.1, -0.05) is 30.3 Å². The second-order valence-electron chi connectivity index (χ2n) is 7.48. The van der Waals surface area contributed by atoms with E-state index in [1.165, 1.54) is 18.0 Å². The van der Waals surface area contributed by atoms with Gasteiger partial charge in [0, 0.05) is 26.2 Å². The Morgan fingerprint density at radius 1 is 1.04 bits per heavy atom. The summed E-state index contributed by atoms with van der Waals surface area (Å²) in [4.78, 5) is 10.8. The van der Waals surface area contributed by atoms with E-state index in [0.717, 1.165) is 25.2 Å². The highest BCUT2D eigenvalue weighted by molar-refractivity contribution is 5.89. The predicted octanol–water partition coefficient (Wildman–Crippen LogP) is 3.99. The number of aromatic nitrogens is 2. The maximum absolute atomic E-state index is 14.2. The van der Waals surface area contributed by atoms with Gasteiger partial charge in [0.1, 0.15) is 18.0 Å². The van der Waals surface area contributed by atoms with Crippen LogP contribution in [0.15, 0.2) is 48.8 Å². The molecule has 1 aromatic heterocycles. The summed E-state index contributed by atoms with van der Waals surface area (Å²) in [5.41, 5.74) is 3.00. The fourth-order valence-electron chi connectivity index (χ4n) is 3.82. The zero-order valence-electron chi connectivity index (χ0n) is 16.2. The molecule has 0 bridgehead atoms. The van der Waals surface area contributed by atoms with Gasteiger partial charge in [-0.15, -0.1) is 0 Å². The van der Waals surface area contributed by atoms with Gasteiger partial charge < -0.3 is 10.1 Å². The summed E-state index contributed by atoms with van der Waals surface area (Å²) in [6.45, 7) is 7.66. The minimum atomic E-state index is -0.315. The number of fused-ring (bicyclic) bond motifs is 1. The maximum atomic E-state index is 14.2. The van der Waals surface area contributed by atoms with Crippen LogP contribution in [0.5, 0.6) is 0 Å². The summed E-state index contributed by atoms with van der Waals surface area (Å²) in [7, 11) is 0. The molecule has 1 aliphatic heterocycles. The quantitative estimate of drug-likeness (QED) is 0.725. The maximum Gasteiger partial charge on any atom is 0.140 e. The van der Waals surface area contributed by atoms with Gasteiger partial charge in [0.05, 0.1) is 23.1 Å². The van der Waals surface area contributed by atoms with E-state index in [1.54, 1.807) is 12.1 Å². The zero-order chi connectivity index (χ0) is 19.5. The highest BCUT2D eigenvalue weighted by Crippen LogP contribution is 2.23. The first-order chi connectivity index (χ1) is 13.6. The molecular formula is C22H25FN4O. The van der Waals surface area contributed by atoms with Gasteiger partial charge in [0.25, 0.3) is 0 Å². The van der Waals surface area contributed by atoms with Crippen LogP contribution in [0.4, 0.5) is 10.2 Å². The van der Waals surface area contributed by atoms with E-state index in [1.807, 2.05) is 0 Å². The van der Waals surface area contributed by atoms with Crippen LogP contribution in [0.1, 0.15) is 25.0 Å². The number of hydrogen-bond acceptors (Lipinski definition) is 5. The van der Waals surface area contributed by atoms with Gasteiger partial charge in [-0.05, 0) is 37.1 Å². The largest absolute Gasteiger partial charge is 0.373 e. The summed E-state index contributed by atoms with van der Waals surface area (Å²) in [6.07, 6.45) is 2.00. The van der Waals surface area contributed by atoms with Gasteiger partial charge in [0.2, 0.25) is 0 Å². The molecule has 2 heterocycles. The van der Waals surface area contributed by atoms with E-state index in [9.17, 15) is 4.39 Å². The lowest BCUT2D eigenvalue weighted by molar-refractivity contribution is -0.0704. The molecule has 2 unspecified atom stereocenters. The van der Waals surface area contributed by atoms with Crippen LogP contribution in [-0.2, 0) is 17.8 Å². The van der Waals surface area contributed by atoms with Gasteiger partial charge in [-0.2, -0.15) is 0 Å². The molecule has 146 valence electrons. The third-order valence-electron chi connectivity index (χ3n) is 5.00. The Hall–Kier alpha value is -2.57. The molecule has 1 fully saturated rings. The molecule has 1 aliphatic rings. The number of hydrogen-bond donors (Lipinski definition) is 1. The summed E-state index contributed by atoms with van der Waals surface area (Å²) in [5.74, 6) is 0.202. The van der Waals surface area contributed by atoms with E-state index >= 15 is 0 Å². The SMILES string of the molecule is CC1CN(Cc2ccc(CNc3ncnc4cccc(F)c34)cc2)CC(C)O1. The Kier molecular flexibility index (Phi) is 5.50. The number of morpholine rings is 1. The topological polar surface area (TPSA) is 50.3 Å². The Morgan fingerprint density at radius 2 is 1.75 bits per heavy atom. The van der Waals surface area contributed by atoms with Crippen molar-refractivity contribution in [3.05, 3.63) is 65.7 Å². The fourth-order valence-corrected chi connectivity index (χ4v) is 3.82. The number of nitrogens with one attached hydrogen (secondary N) is 1. The average molecular weight is 380 g/mol. The van der Waals surface area contributed by atoms with Crippen LogP contribution >= 0.6 is 0 Å². The Morgan fingerprint density at radius 3 is 2.50 bits per heavy atom. The van der Waals surface area contributed by atoms with Crippen molar-refractivity contribution in [2.24, 2.45) is 0 Å². The molecule has 2 atom stereocenters. The van der Waals surface area contributed by atoms with E-state index < -0.39 is 0 Å². The normalized spacial score (nSPS) is 20.4. The van der Waals surface area contributed by atoms with Crippen LogP contribution in [0.25, 0.3) is 10.9 Å². The first kappa shape index (κ1) is 18.8. The molecule has 2 aromatic carbocycles. The first-order valence-corrected chi connectivity index (χ1v) is 9.67. The van der Waals surface area contributed by atoms with Crippen molar-refractivity contribution in [1.29, 1.82) is 0 Å². The van der Waals surface area contributed by atoms with Crippen LogP contribution in [-0.4, -0.2) is 40.2 Å². The van der Waals surface area contributed by atoms with Crippen LogP contribution in [0.3, 0.4) is 0 Å². The van der Waals surface area contributed by atoms with Gasteiger partial charge >= 0.3 is 0 Å². The molecule has 0 aliphatic carbocycles.